The summed E-state index contributed by atoms with van der Waals surface area (Å²) in [6.07, 6.45) is 6.92. The molecule has 1 saturated carbocycles. The smallest absolute Gasteiger partial charge is 0.243 e. The molecule has 1 saturated heterocycles. The highest BCUT2D eigenvalue weighted by atomic mass is 32.2. The molecule has 0 aromatic heterocycles. The van der Waals surface area contributed by atoms with E-state index in [0.717, 1.165) is 31.2 Å². The van der Waals surface area contributed by atoms with Gasteiger partial charge < -0.3 is 9.47 Å². The maximum atomic E-state index is 13.0. The highest BCUT2D eigenvalue weighted by Gasteiger charge is 2.31. The Morgan fingerprint density at radius 3 is 2.10 bits per heavy atom. The Morgan fingerprint density at radius 1 is 0.828 bits per heavy atom. The quantitative estimate of drug-likeness (QED) is 0.673. The highest BCUT2D eigenvalue weighted by molar-refractivity contribution is 7.89. The van der Waals surface area contributed by atoms with Crippen molar-refractivity contribution in [2.45, 2.75) is 62.2 Å². The molecule has 29 heavy (non-hydrogen) atoms. The maximum Gasteiger partial charge on any atom is 0.243 e. The van der Waals surface area contributed by atoms with Gasteiger partial charge in [-0.05, 0) is 55.5 Å². The van der Waals surface area contributed by atoms with Gasteiger partial charge in [-0.15, -0.1) is 0 Å². The second-order valence-electron chi connectivity index (χ2n) is 7.89. The average molecular weight is 416 g/mol. The van der Waals surface area contributed by atoms with Crippen molar-refractivity contribution < 1.29 is 17.9 Å². The topological polar surface area (TPSA) is 55.8 Å². The second-order valence-corrected chi connectivity index (χ2v) is 9.83. The van der Waals surface area contributed by atoms with E-state index in [1.54, 1.807) is 28.6 Å². The van der Waals surface area contributed by atoms with Crippen LogP contribution in [0.5, 0.6) is 5.75 Å². The zero-order valence-electron chi connectivity index (χ0n) is 16.7. The summed E-state index contributed by atoms with van der Waals surface area (Å²) < 4.78 is 39.4. The van der Waals surface area contributed by atoms with Crippen LogP contribution in [0.2, 0.25) is 0 Å². The first-order valence-corrected chi connectivity index (χ1v) is 12.0. The van der Waals surface area contributed by atoms with Crippen molar-refractivity contribution in [1.82, 2.24) is 4.31 Å². The standard InChI is InChI=1S/C23H29NO4S/c25-29(26,24-16-14-22(15-17-24)28-21-8-4-5-9-21)23-12-10-20(11-13-23)27-18-19-6-2-1-3-7-19/h1-3,6-7,10-13,21-22H,4-5,8-9,14-18H2. The van der Waals surface area contributed by atoms with Gasteiger partial charge in [-0.25, -0.2) is 8.42 Å². The largest absolute Gasteiger partial charge is 0.489 e. The molecule has 0 atom stereocenters. The number of ether oxygens (including phenoxy) is 2. The molecule has 2 fully saturated rings. The molecule has 0 amide bonds. The van der Waals surface area contributed by atoms with Crippen LogP contribution in [0.25, 0.3) is 0 Å². The molecule has 4 rings (SSSR count). The van der Waals surface area contributed by atoms with E-state index in [4.69, 9.17) is 9.47 Å². The zero-order valence-corrected chi connectivity index (χ0v) is 17.5. The Bertz CT molecular complexity index is 869. The van der Waals surface area contributed by atoms with Crippen molar-refractivity contribution in [1.29, 1.82) is 0 Å². The van der Waals surface area contributed by atoms with Crippen molar-refractivity contribution in [3.8, 4) is 5.75 Å². The molecule has 6 heteroatoms. The van der Waals surface area contributed by atoms with Crippen LogP contribution in [0.3, 0.4) is 0 Å². The molecule has 0 bridgehead atoms. The second kappa shape index (κ2) is 9.28. The van der Waals surface area contributed by atoms with E-state index in [0.29, 0.717) is 36.4 Å². The molecular weight excluding hydrogens is 386 g/mol. The van der Waals surface area contributed by atoms with Crippen LogP contribution >= 0.6 is 0 Å². The number of piperidine rings is 1. The molecule has 2 aliphatic rings. The van der Waals surface area contributed by atoms with Crippen LogP contribution in [0.1, 0.15) is 44.1 Å². The van der Waals surface area contributed by atoms with E-state index in [-0.39, 0.29) is 6.10 Å². The minimum atomic E-state index is -3.47. The van der Waals surface area contributed by atoms with Gasteiger partial charge in [0.2, 0.25) is 10.0 Å². The first kappa shape index (κ1) is 20.4. The van der Waals surface area contributed by atoms with Crippen LogP contribution in [-0.2, 0) is 21.4 Å². The number of rotatable bonds is 7. The molecule has 1 heterocycles. The molecule has 156 valence electrons. The van der Waals surface area contributed by atoms with Gasteiger partial charge >= 0.3 is 0 Å². The summed E-state index contributed by atoms with van der Waals surface area (Å²) >= 11 is 0. The number of hydrogen-bond acceptors (Lipinski definition) is 4. The molecule has 2 aromatic rings. The van der Waals surface area contributed by atoms with Gasteiger partial charge in [0.15, 0.2) is 0 Å². The van der Waals surface area contributed by atoms with Crippen LogP contribution in [-0.4, -0.2) is 38.0 Å². The average Bonchev–Trinajstić information content (AvgIpc) is 3.27. The lowest BCUT2D eigenvalue weighted by Crippen LogP contribution is -2.41. The SMILES string of the molecule is O=S(=O)(c1ccc(OCc2ccccc2)cc1)N1CCC(OC2CCCC2)CC1. The van der Waals surface area contributed by atoms with E-state index < -0.39 is 10.0 Å². The lowest BCUT2D eigenvalue weighted by molar-refractivity contribution is -0.0302. The first-order chi connectivity index (χ1) is 14.1. The molecule has 5 nitrogen and oxygen atoms in total. The van der Waals surface area contributed by atoms with Gasteiger partial charge in [-0.3, -0.25) is 0 Å². The monoisotopic (exact) mass is 415 g/mol. The fourth-order valence-corrected chi connectivity index (χ4v) is 5.57. The Hall–Kier alpha value is -1.89. The maximum absolute atomic E-state index is 13.0. The number of sulfonamides is 1. The third-order valence-corrected chi connectivity index (χ3v) is 7.71. The number of benzene rings is 2. The van der Waals surface area contributed by atoms with E-state index in [1.165, 1.54) is 12.8 Å². The van der Waals surface area contributed by atoms with Crippen LogP contribution < -0.4 is 4.74 Å². The van der Waals surface area contributed by atoms with Crippen molar-refractivity contribution >= 4 is 10.0 Å². The van der Waals surface area contributed by atoms with Gasteiger partial charge in [-0.1, -0.05) is 43.2 Å². The van der Waals surface area contributed by atoms with Gasteiger partial charge in [0, 0.05) is 13.1 Å². The molecule has 0 radical (unpaired) electrons. The number of hydrogen-bond donors (Lipinski definition) is 0. The minimum Gasteiger partial charge on any atom is -0.489 e. The molecule has 2 aromatic carbocycles. The van der Waals surface area contributed by atoms with Crippen molar-refractivity contribution in [3.05, 3.63) is 60.2 Å². The van der Waals surface area contributed by atoms with Gasteiger partial charge in [0.25, 0.3) is 0 Å². The molecule has 0 spiro atoms. The Labute approximate surface area is 173 Å². The summed E-state index contributed by atoms with van der Waals surface area (Å²) in [6.45, 7) is 1.50. The molecule has 0 N–H and O–H groups in total. The van der Waals surface area contributed by atoms with Gasteiger partial charge in [-0.2, -0.15) is 4.31 Å². The third kappa shape index (κ3) is 5.18. The lowest BCUT2D eigenvalue weighted by atomic mass is 10.1. The normalized spacial score (nSPS) is 19.4. The lowest BCUT2D eigenvalue weighted by Gasteiger charge is -2.32. The minimum absolute atomic E-state index is 0.193. The van der Waals surface area contributed by atoms with Crippen molar-refractivity contribution in [2.75, 3.05) is 13.1 Å². The van der Waals surface area contributed by atoms with Crippen LogP contribution in [0, 0.1) is 0 Å². The summed E-state index contributed by atoms with van der Waals surface area (Å²) in [7, 11) is -3.47. The fraction of sp³-hybridized carbons (Fsp3) is 0.478. The summed E-state index contributed by atoms with van der Waals surface area (Å²) in [5.41, 5.74) is 1.08. The third-order valence-electron chi connectivity index (χ3n) is 5.80. The van der Waals surface area contributed by atoms with E-state index in [1.807, 2.05) is 30.3 Å². The Kier molecular flexibility index (Phi) is 6.53. The summed E-state index contributed by atoms with van der Waals surface area (Å²) in [5, 5.41) is 0. The van der Waals surface area contributed by atoms with E-state index >= 15 is 0 Å². The molecule has 1 aliphatic heterocycles. The van der Waals surface area contributed by atoms with E-state index in [2.05, 4.69) is 0 Å². The molecular formula is C23H29NO4S. The predicted molar refractivity (Wildman–Crippen MR) is 112 cm³/mol. The molecule has 0 unspecified atom stereocenters. The van der Waals surface area contributed by atoms with Gasteiger partial charge in [0.1, 0.15) is 12.4 Å². The summed E-state index contributed by atoms with van der Waals surface area (Å²) in [6, 6.07) is 16.6. The summed E-state index contributed by atoms with van der Waals surface area (Å²) in [5.74, 6) is 0.663. The highest BCUT2D eigenvalue weighted by Crippen LogP contribution is 2.28. The molecule has 1 aliphatic carbocycles. The first-order valence-electron chi connectivity index (χ1n) is 10.5. The Balaban J connectivity index is 1.31. The van der Waals surface area contributed by atoms with Gasteiger partial charge in [0.05, 0.1) is 17.1 Å². The van der Waals surface area contributed by atoms with E-state index in [9.17, 15) is 8.42 Å². The fourth-order valence-electron chi connectivity index (χ4n) is 4.10. The Morgan fingerprint density at radius 2 is 1.45 bits per heavy atom. The zero-order chi connectivity index (χ0) is 20.1. The van der Waals surface area contributed by atoms with Crippen LogP contribution in [0.15, 0.2) is 59.5 Å². The summed E-state index contributed by atoms with van der Waals surface area (Å²) in [4.78, 5) is 0.319. The predicted octanol–water partition coefficient (Wildman–Crippen LogP) is 4.38. The number of nitrogens with zero attached hydrogens (tertiary/aromatic N) is 1. The van der Waals surface area contributed by atoms with Crippen LogP contribution in [0.4, 0.5) is 0 Å². The van der Waals surface area contributed by atoms with Crippen molar-refractivity contribution in [2.24, 2.45) is 0 Å². The van der Waals surface area contributed by atoms with Crippen molar-refractivity contribution in [3.63, 3.8) is 0 Å².